The number of aryl methyl sites for hydroxylation is 1. The van der Waals surface area contributed by atoms with Crippen molar-refractivity contribution in [2.24, 2.45) is 4.99 Å². The molecule has 5 rings (SSSR count). The number of alkyl halides is 5. The minimum Gasteiger partial charge on any atom is -0.406 e. The highest BCUT2D eigenvalue weighted by atomic mass is 32.2. The molecule has 1 aliphatic heterocycles. The summed E-state index contributed by atoms with van der Waals surface area (Å²) in [4.78, 5) is 23.1. The van der Waals surface area contributed by atoms with E-state index in [0.29, 0.717) is 23.0 Å². The zero-order valence-corrected chi connectivity index (χ0v) is 25.4. The van der Waals surface area contributed by atoms with Crippen LogP contribution in [0, 0.1) is 6.92 Å². The van der Waals surface area contributed by atoms with E-state index in [1.165, 1.54) is 59.2 Å². The van der Waals surface area contributed by atoms with Gasteiger partial charge in [0.05, 0.1) is 12.1 Å². The van der Waals surface area contributed by atoms with E-state index in [2.05, 4.69) is 33.7 Å². The Morgan fingerprint density at radius 2 is 1.76 bits per heavy atom. The van der Waals surface area contributed by atoms with Crippen LogP contribution < -0.4 is 9.64 Å². The van der Waals surface area contributed by atoms with Crippen LogP contribution in [0.2, 0.25) is 0 Å². The van der Waals surface area contributed by atoms with Crippen molar-refractivity contribution < 1.29 is 31.5 Å². The van der Waals surface area contributed by atoms with Crippen molar-refractivity contribution in [3.63, 3.8) is 0 Å². The molecule has 7 nitrogen and oxygen atoms in total. The molecular formula is C32H30F5N5O2S. The topological polar surface area (TPSA) is 72.6 Å². The Labute approximate surface area is 261 Å². The Bertz CT molecular complexity index is 1670. The summed E-state index contributed by atoms with van der Waals surface area (Å²) >= 11 is 1.41. The van der Waals surface area contributed by atoms with E-state index in [9.17, 15) is 22.4 Å². The number of carbonyl (C=O) groups excluding carboxylic acids is 1. The number of halogens is 5. The van der Waals surface area contributed by atoms with Crippen LogP contribution in [0.25, 0.3) is 17.1 Å². The Morgan fingerprint density at radius 3 is 2.42 bits per heavy atom. The fraction of sp³-hybridized carbons (Fsp3) is 0.312. The second kappa shape index (κ2) is 13.4. The third kappa shape index (κ3) is 7.70. The SMILES string of the molecule is Cc1cccc(N2CCSC2=NC(=O)CC(F)C(F)c2ccc(-c3ncn(-c4ccc(OC(F)(F)F)cc4)n3)cc2)c1C(C)C. The third-order valence-corrected chi connectivity index (χ3v) is 8.12. The van der Waals surface area contributed by atoms with Gasteiger partial charge in [-0.25, -0.2) is 18.4 Å². The van der Waals surface area contributed by atoms with Crippen LogP contribution in [0.1, 0.15) is 49.0 Å². The number of hydrogen-bond acceptors (Lipinski definition) is 5. The van der Waals surface area contributed by atoms with Gasteiger partial charge in [-0.3, -0.25) is 4.79 Å². The maximum Gasteiger partial charge on any atom is 0.573 e. The van der Waals surface area contributed by atoms with E-state index in [-0.39, 0.29) is 23.1 Å². The molecule has 13 heteroatoms. The van der Waals surface area contributed by atoms with E-state index in [1.54, 1.807) is 0 Å². The van der Waals surface area contributed by atoms with Gasteiger partial charge in [-0.2, -0.15) is 4.99 Å². The molecule has 2 unspecified atom stereocenters. The molecule has 236 valence electrons. The molecule has 1 aromatic heterocycles. The number of nitrogens with zero attached hydrogens (tertiary/aromatic N) is 5. The molecule has 0 N–H and O–H groups in total. The van der Waals surface area contributed by atoms with Gasteiger partial charge in [0.15, 0.2) is 17.2 Å². The molecule has 4 aromatic rings. The molecular weight excluding hydrogens is 613 g/mol. The lowest BCUT2D eigenvalue weighted by Gasteiger charge is -2.24. The number of aliphatic imine (C=N–C) groups is 1. The maximum atomic E-state index is 15.1. The molecule has 0 saturated carbocycles. The standard InChI is InChI=1S/C32H30F5N5O2S/c1-19(2)28-20(3)5-4-6-26(28)41-15-16-45-31(41)39-27(43)17-25(33)29(34)21-7-9-22(10-8-21)30-38-18-42(40-30)23-11-13-24(14-12-23)44-32(35,36)37/h4-14,18-19,25,29H,15-17H2,1-3H3. The molecule has 0 aliphatic carbocycles. The molecule has 2 heterocycles. The van der Waals surface area contributed by atoms with Crippen LogP contribution in [-0.4, -0.2) is 50.7 Å². The van der Waals surface area contributed by atoms with Crippen molar-refractivity contribution >= 4 is 28.5 Å². The zero-order chi connectivity index (χ0) is 32.3. The second-order valence-electron chi connectivity index (χ2n) is 10.7. The zero-order valence-electron chi connectivity index (χ0n) is 24.6. The van der Waals surface area contributed by atoms with Gasteiger partial charge >= 0.3 is 6.36 Å². The smallest absolute Gasteiger partial charge is 0.406 e. The third-order valence-electron chi connectivity index (χ3n) is 7.17. The first-order valence-electron chi connectivity index (χ1n) is 14.2. The molecule has 0 radical (unpaired) electrons. The molecule has 1 fully saturated rings. The van der Waals surface area contributed by atoms with Crippen molar-refractivity contribution in [2.75, 3.05) is 17.2 Å². The van der Waals surface area contributed by atoms with Gasteiger partial charge in [-0.1, -0.05) is 62.0 Å². The minimum absolute atomic E-state index is 0.0459. The number of rotatable bonds is 9. The van der Waals surface area contributed by atoms with Crippen LogP contribution >= 0.6 is 11.8 Å². The largest absolute Gasteiger partial charge is 0.573 e. The summed E-state index contributed by atoms with van der Waals surface area (Å²) in [5.41, 5.74) is 4.26. The van der Waals surface area contributed by atoms with Crippen LogP contribution in [-0.2, 0) is 4.79 Å². The number of anilines is 1. The first-order valence-corrected chi connectivity index (χ1v) is 15.2. The van der Waals surface area contributed by atoms with Crippen LogP contribution in [0.3, 0.4) is 0 Å². The predicted octanol–water partition coefficient (Wildman–Crippen LogP) is 8.14. The fourth-order valence-electron chi connectivity index (χ4n) is 5.14. The predicted molar refractivity (Wildman–Crippen MR) is 164 cm³/mol. The van der Waals surface area contributed by atoms with E-state index >= 15 is 4.39 Å². The summed E-state index contributed by atoms with van der Waals surface area (Å²) in [7, 11) is 0. The van der Waals surface area contributed by atoms with Gasteiger partial charge in [0.25, 0.3) is 5.91 Å². The highest BCUT2D eigenvalue weighted by Gasteiger charge is 2.31. The average Bonchev–Trinajstić information content (AvgIpc) is 3.66. The van der Waals surface area contributed by atoms with Crippen LogP contribution in [0.15, 0.2) is 78.0 Å². The average molecular weight is 644 g/mol. The Balaban J connectivity index is 1.22. The number of thioether (sulfide) groups is 1. The molecule has 0 spiro atoms. The van der Waals surface area contributed by atoms with Crippen LogP contribution in [0.5, 0.6) is 5.75 Å². The number of carbonyl (C=O) groups is 1. The van der Waals surface area contributed by atoms with Gasteiger partial charge in [-0.15, -0.1) is 18.3 Å². The molecule has 1 saturated heterocycles. The van der Waals surface area contributed by atoms with Crippen molar-refractivity contribution in [1.82, 2.24) is 14.8 Å². The summed E-state index contributed by atoms with van der Waals surface area (Å²) in [5.74, 6) is 0.146. The maximum absolute atomic E-state index is 15.1. The van der Waals surface area contributed by atoms with E-state index in [0.717, 1.165) is 34.7 Å². The number of amidine groups is 1. The van der Waals surface area contributed by atoms with Gasteiger partial charge in [0.1, 0.15) is 18.2 Å². The monoisotopic (exact) mass is 643 g/mol. The van der Waals surface area contributed by atoms with Gasteiger partial charge in [-0.05, 0) is 59.9 Å². The summed E-state index contributed by atoms with van der Waals surface area (Å²) in [6.45, 7) is 6.90. The summed E-state index contributed by atoms with van der Waals surface area (Å²) in [6, 6.07) is 16.9. The normalized spacial score (nSPS) is 15.9. The van der Waals surface area contributed by atoms with Crippen molar-refractivity contribution in [3.8, 4) is 22.8 Å². The molecule has 1 amide bonds. The first-order chi connectivity index (χ1) is 21.4. The van der Waals surface area contributed by atoms with Crippen molar-refractivity contribution in [1.29, 1.82) is 0 Å². The van der Waals surface area contributed by atoms with E-state index in [4.69, 9.17) is 0 Å². The number of hydrogen-bond donors (Lipinski definition) is 0. The lowest BCUT2D eigenvalue weighted by atomic mass is 9.95. The quantitative estimate of drug-likeness (QED) is 0.172. The van der Waals surface area contributed by atoms with E-state index < -0.39 is 31.0 Å². The molecule has 45 heavy (non-hydrogen) atoms. The lowest BCUT2D eigenvalue weighted by molar-refractivity contribution is -0.274. The molecule has 2 atom stereocenters. The molecule has 3 aromatic carbocycles. The molecule has 1 aliphatic rings. The summed E-state index contributed by atoms with van der Waals surface area (Å²) in [5, 5.41) is 4.79. The minimum atomic E-state index is -4.80. The number of aromatic nitrogens is 3. The van der Waals surface area contributed by atoms with E-state index in [1.807, 2.05) is 30.0 Å². The highest BCUT2D eigenvalue weighted by Crippen LogP contribution is 2.35. The van der Waals surface area contributed by atoms with Gasteiger partial charge in [0, 0.05) is 23.5 Å². The van der Waals surface area contributed by atoms with Crippen LogP contribution in [0.4, 0.5) is 27.6 Å². The van der Waals surface area contributed by atoms with Gasteiger partial charge in [0.2, 0.25) is 0 Å². The number of benzene rings is 3. The Morgan fingerprint density at radius 1 is 1.04 bits per heavy atom. The summed E-state index contributed by atoms with van der Waals surface area (Å²) in [6.07, 6.45) is -8.28. The second-order valence-corrected chi connectivity index (χ2v) is 11.8. The number of amides is 1. The van der Waals surface area contributed by atoms with Crippen molar-refractivity contribution in [3.05, 3.63) is 89.7 Å². The Hall–Kier alpha value is -4.26. The Kier molecular flexibility index (Phi) is 9.56. The molecule has 0 bridgehead atoms. The van der Waals surface area contributed by atoms with Crippen molar-refractivity contribution in [2.45, 2.75) is 51.8 Å². The highest BCUT2D eigenvalue weighted by molar-refractivity contribution is 8.14. The first kappa shape index (κ1) is 32.1. The lowest BCUT2D eigenvalue weighted by Crippen LogP contribution is -2.26. The number of ether oxygens (including phenoxy) is 1. The summed E-state index contributed by atoms with van der Waals surface area (Å²) < 4.78 is 72.5. The van der Waals surface area contributed by atoms with Gasteiger partial charge < -0.3 is 9.64 Å². The fourth-order valence-corrected chi connectivity index (χ4v) is 6.11.